The summed E-state index contributed by atoms with van der Waals surface area (Å²) in [4.78, 5) is 14.9. The quantitative estimate of drug-likeness (QED) is 0.868. The highest BCUT2D eigenvalue weighted by atomic mass is 79.9. The summed E-state index contributed by atoms with van der Waals surface area (Å²) in [6, 6.07) is 1.13. The maximum atomic E-state index is 12.5. The number of halogens is 3. The Kier molecular flexibility index (Phi) is 4.80. The molecule has 0 aliphatic heterocycles. The fourth-order valence-electron chi connectivity index (χ4n) is 1.19. The van der Waals surface area contributed by atoms with Crippen LogP contribution in [0.25, 0.3) is 0 Å². The number of alkyl halides is 2. The molecule has 0 radical (unpaired) electrons. The van der Waals surface area contributed by atoms with Crippen LogP contribution in [0, 0.1) is 0 Å². The van der Waals surface area contributed by atoms with Gasteiger partial charge in [0.1, 0.15) is 5.69 Å². The van der Waals surface area contributed by atoms with Gasteiger partial charge in [-0.2, -0.15) is 0 Å². The average Bonchev–Trinajstić information content (AvgIpc) is 2.24. The van der Waals surface area contributed by atoms with Gasteiger partial charge in [0.15, 0.2) is 0 Å². The van der Waals surface area contributed by atoms with Gasteiger partial charge in [0.05, 0.1) is 24.4 Å². The number of carbonyl (C=O) groups is 1. The zero-order valence-electron chi connectivity index (χ0n) is 9.04. The van der Waals surface area contributed by atoms with Crippen molar-refractivity contribution in [2.45, 2.75) is 19.8 Å². The highest BCUT2D eigenvalue weighted by Gasteiger charge is 2.17. The minimum absolute atomic E-state index is 0.0909. The maximum Gasteiger partial charge on any atom is 0.311 e. The van der Waals surface area contributed by atoms with E-state index in [4.69, 9.17) is 10.5 Å². The monoisotopic (exact) mass is 308 g/mol. The van der Waals surface area contributed by atoms with E-state index in [9.17, 15) is 13.6 Å². The molecular formula is C10H11BrF2N2O2. The van der Waals surface area contributed by atoms with Crippen LogP contribution in [0.2, 0.25) is 0 Å². The number of esters is 1. The van der Waals surface area contributed by atoms with E-state index in [1.807, 2.05) is 0 Å². The van der Waals surface area contributed by atoms with Crippen LogP contribution in [0.15, 0.2) is 10.5 Å². The SMILES string of the molecule is CCOC(=O)Cc1nc(C(F)F)cc(Br)c1N. The minimum atomic E-state index is -2.71. The van der Waals surface area contributed by atoms with Gasteiger partial charge in [-0.25, -0.2) is 13.8 Å². The van der Waals surface area contributed by atoms with Crippen molar-refractivity contribution in [3.63, 3.8) is 0 Å². The lowest BCUT2D eigenvalue weighted by atomic mass is 10.2. The van der Waals surface area contributed by atoms with Crippen molar-refractivity contribution >= 4 is 27.6 Å². The number of ether oxygens (including phenoxy) is 1. The first kappa shape index (κ1) is 13.8. The highest BCUT2D eigenvalue weighted by molar-refractivity contribution is 9.10. The lowest BCUT2D eigenvalue weighted by Crippen LogP contribution is -2.12. The summed E-state index contributed by atoms with van der Waals surface area (Å²) in [6.45, 7) is 1.87. The van der Waals surface area contributed by atoms with Crippen LogP contribution < -0.4 is 5.73 Å². The molecular weight excluding hydrogens is 298 g/mol. The number of hydrogen-bond donors (Lipinski definition) is 1. The standard InChI is InChI=1S/C10H11BrF2N2O2/c1-2-17-8(16)4-6-9(14)5(11)3-7(15-6)10(12)13/h3,10H,2,4,14H2,1H3. The smallest absolute Gasteiger partial charge is 0.311 e. The number of anilines is 1. The topological polar surface area (TPSA) is 65.2 Å². The first-order valence-corrected chi connectivity index (χ1v) is 5.63. The lowest BCUT2D eigenvalue weighted by molar-refractivity contribution is -0.142. The van der Waals surface area contributed by atoms with Crippen molar-refractivity contribution in [2.75, 3.05) is 12.3 Å². The van der Waals surface area contributed by atoms with Crippen molar-refractivity contribution in [3.05, 3.63) is 21.9 Å². The highest BCUT2D eigenvalue weighted by Crippen LogP contribution is 2.28. The second-order valence-electron chi connectivity index (χ2n) is 3.17. The minimum Gasteiger partial charge on any atom is -0.466 e. The second-order valence-corrected chi connectivity index (χ2v) is 4.03. The number of pyridine rings is 1. The Labute approximate surface area is 105 Å². The van der Waals surface area contributed by atoms with Crippen molar-refractivity contribution in [1.82, 2.24) is 4.98 Å². The van der Waals surface area contributed by atoms with Gasteiger partial charge in [-0.15, -0.1) is 0 Å². The van der Waals surface area contributed by atoms with Gasteiger partial charge >= 0.3 is 5.97 Å². The van der Waals surface area contributed by atoms with E-state index in [1.165, 1.54) is 0 Å². The van der Waals surface area contributed by atoms with E-state index in [0.717, 1.165) is 6.07 Å². The molecule has 0 atom stereocenters. The van der Waals surface area contributed by atoms with Gasteiger partial charge in [-0.05, 0) is 28.9 Å². The summed E-state index contributed by atoms with van der Waals surface area (Å²) in [6.07, 6.45) is -2.94. The summed E-state index contributed by atoms with van der Waals surface area (Å²) in [7, 11) is 0. The van der Waals surface area contributed by atoms with Gasteiger partial charge in [-0.1, -0.05) is 0 Å². The number of aromatic nitrogens is 1. The molecule has 17 heavy (non-hydrogen) atoms. The Morgan fingerprint density at radius 2 is 2.29 bits per heavy atom. The Hall–Kier alpha value is -1.24. The van der Waals surface area contributed by atoms with Crippen LogP contribution in [0.3, 0.4) is 0 Å². The molecule has 0 aliphatic carbocycles. The molecule has 4 nitrogen and oxygen atoms in total. The van der Waals surface area contributed by atoms with Crippen molar-refractivity contribution in [1.29, 1.82) is 0 Å². The number of hydrogen-bond acceptors (Lipinski definition) is 4. The summed E-state index contributed by atoms with van der Waals surface area (Å²) < 4.78 is 30.0. The van der Waals surface area contributed by atoms with E-state index >= 15 is 0 Å². The first-order chi connectivity index (χ1) is 7.95. The predicted octanol–water partition coefficient (Wildman–Crippen LogP) is 2.47. The van der Waals surface area contributed by atoms with E-state index in [-0.39, 0.29) is 24.4 Å². The fraction of sp³-hybridized carbons (Fsp3) is 0.400. The largest absolute Gasteiger partial charge is 0.466 e. The van der Waals surface area contributed by atoms with Crippen LogP contribution in [-0.2, 0) is 16.0 Å². The molecule has 7 heteroatoms. The third kappa shape index (κ3) is 3.62. The van der Waals surface area contributed by atoms with Crippen LogP contribution in [0.5, 0.6) is 0 Å². The van der Waals surface area contributed by atoms with Crippen LogP contribution in [-0.4, -0.2) is 17.6 Å². The predicted molar refractivity (Wildman–Crippen MR) is 61.6 cm³/mol. The molecule has 0 saturated heterocycles. The van der Waals surface area contributed by atoms with E-state index < -0.39 is 18.1 Å². The summed E-state index contributed by atoms with van der Waals surface area (Å²) in [5.41, 5.74) is 5.47. The average molecular weight is 309 g/mol. The molecule has 0 unspecified atom stereocenters. The van der Waals surface area contributed by atoms with Gasteiger partial charge in [0, 0.05) is 4.47 Å². The Balaban J connectivity index is 3.01. The third-order valence-electron chi connectivity index (χ3n) is 1.95. The van der Waals surface area contributed by atoms with Crippen molar-refractivity contribution < 1.29 is 18.3 Å². The van der Waals surface area contributed by atoms with Crippen LogP contribution >= 0.6 is 15.9 Å². The molecule has 0 aromatic carbocycles. The zero-order chi connectivity index (χ0) is 13.0. The fourth-order valence-corrected chi connectivity index (χ4v) is 1.65. The molecule has 0 aliphatic rings. The zero-order valence-corrected chi connectivity index (χ0v) is 10.6. The first-order valence-electron chi connectivity index (χ1n) is 4.84. The number of nitrogen functional groups attached to an aromatic ring is 1. The Morgan fingerprint density at radius 1 is 1.65 bits per heavy atom. The normalized spacial score (nSPS) is 10.6. The Bertz CT molecular complexity index is 427. The third-order valence-corrected chi connectivity index (χ3v) is 2.60. The maximum absolute atomic E-state index is 12.5. The van der Waals surface area contributed by atoms with E-state index in [2.05, 4.69) is 20.9 Å². The molecule has 0 fully saturated rings. The summed E-state index contributed by atoms with van der Waals surface area (Å²) in [5.74, 6) is -0.551. The number of rotatable bonds is 4. The van der Waals surface area contributed by atoms with Crippen molar-refractivity contribution in [2.24, 2.45) is 0 Å². The second kappa shape index (κ2) is 5.90. The summed E-state index contributed by atoms with van der Waals surface area (Å²) in [5, 5.41) is 0. The molecule has 0 bridgehead atoms. The molecule has 1 aromatic heterocycles. The lowest BCUT2D eigenvalue weighted by Gasteiger charge is -2.09. The number of nitrogens with zero attached hydrogens (tertiary/aromatic N) is 1. The van der Waals surface area contributed by atoms with Gasteiger partial charge in [-0.3, -0.25) is 4.79 Å². The van der Waals surface area contributed by atoms with Gasteiger partial charge in [0.25, 0.3) is 6.43 Å². The number of carbonyl (C=O) groups excluding carboxylic acids is 1. The van der Waals surface area contributed by atoms with Crippen LogP contribution in [0.4, 0.5) is 14.5 Å². The molecule has 0 saturated carbocycles. The van der Waals surface area contributed by atoms with Gasteiger partial charge in [0.2, 0.25) is 0 Å². The summed E-state index contributed by atoms with van der Waals surface area (Å²) >= 11 is 3.04. The molecule has 1 rings (SSSR count). The van der Waals surface area contributed by atoms with Crippen LogP contribution in [0.1, 0.15) is 24.7 Å². The van der Waals surface area contributed by atoms with Gasteiger partial charge < -0.3 is 10.5 Å². The van der Waals surface area contributed by atoms with Crippen molar-refractivity contribution in [3.8, 4) is 0 Å². The molecule has 1 aromatic rings. The van der Waals surface area contributed by atoms with E-state index in [0.29, 0.717) is 4.47 Å². The molecule has 94 valence electrons. The van der Waals surface area contributed by atoms with E-state index in [1.54, 1.807) is 6.92 Å². The molecule has 0 spiro atoms. The molecule has 1 heterocycles. The molecule has 0 amide bonds. The number of nitrogens with two attached hydrogens (primary N) is 1. The molecule has 2 N–H and O–H groups in total. The Morgan fingerprint density at radius 3 is 2.82 bits per heavy atom.